The molecule has 6 nitrogen and oxygen atoms in total. The molecular formula is C11H12N4O2. The van der Waals surface area contributed by atoms with Crippen LogP contribution in [0.4, 0.5) is 0 Å². The van der Waals surface area contributed by atoms with Gasteiger partial charge in [-0.1, -0.05) is 5.16 Å². The molecule has 3 rings (SSSR count). The number of aliphatic hydroxyl groups excluding tert-OH is 1. The SMILES string of the molecule is OC1CN[C@H](c2nc(-c3cccnc3)no2)C1. The van der Waals surface area contributed by atoms with Gasteiger partial charge in [-0.25, -0.2) is 0 Å². The third-order valence-electron chi connectivity index (χ3n) is 2.77. The minimum absolute atomic E-state index is 0.0529. The van der Waals surface area contributed by atoms with Gasteiger partial charge in [0.25, 0.3) is 0 Å². The van der Waals surface area contributed by atoms with Crippen molar-refractivity contribution in [3.05, 3.63) is 30.4 Å². The number of nitrogens with one attached hydrogen (secondary N) is 1. The summed E-state index contributed by atoms with van der Waals surface area (Å²) in [6.45, 7) is 0.565. The molecule has 0 bridgehead atoms. The van der Waals surface area contributed by atoms with Gasteiger partial charge < -0.3 is 14.9 Å². The minimum Gasteiger partial charge on any atom is -0.392 e. The molecule has 0 radical (unpaired) electrons. The summed E-state index contributed by atoms with van der Waals surface area (Å²) in [7, 11) is 0. The van der Waals surface area contributed by atoms with E-state index in [1.807, 2.05) is 12.1 Å². The molecule has 1 saturated heterocycles. The summed E-state index contributed by atoms with van der Waals surface area (Å²) >= 11 is 0. The van der Waals surface area contributed by atoms with Gasteiger partial charge in [-0.2, -0.15) is 4.98 Å². The molecule has 88 valence electrons. The Morgan fingerprint density at radius 3 is 3.12 bits per heavy atom. The predicted molar refractivity (Wildman–Crippen MR) is 58.9 cm³/mol. The van der Waals surface area contributed by atoms with Crippen molar-refractivity contribution in [1.82, 2.24) is 20.4 Å². The Morgan fingerprint density at radius 1 is 1.47 bits per heavy atom. The average Bonchev–Trinajstić information content (AvgIpc) is 2.98. The molecule has 0 aromatic carbocycles. The molecule has 1 aliphatic rings. The lowest BCUT2D eigenvalue weighted by molar-refractivity contribution is 0.191. The summed E-state index contributed by atoms with van der Waals surface area (Å²) in [4.78, 5) is 8.31. The number of pyridine rings is 1. The Balaban J connectivity index is 1.84. The normalized spacial score (nSPS) is 24.1. The maximum Gasteiger partial charge on any atom is 0.244 e. The van der Waals surface area contributed by atoms with Crippen LogP contribution in [-0.4, -0.2) is 32.9 Å². The molecule has 1 aliphatic heterocycles. The lowest BCUT2D eigenvalue weighted by Crippen LogP contribution is -2.15. The third-order valence-corrected chi connectivity index (χ3v) is 2.77. The van der Waals surface area contributed by atoms with Gasteiger partial charge in [0.2, 0.25) is 11.7 Å². The highest BCUT2D eigenvalue weighted by atomic mass is 16.5. The van der Waals surface area contributed by atoms with Crippen LogP contribution in [-0.2, 0) is 0 Å². The second-order valence-electron chi connectivity index (χ2n) is 4.05. The average molecular weight is 232 g/mol. The van der Waals surface area contributed by atoms with Crippen LogP contribution in [0.15, 0.2) is 29.0 Å². The number of aromatic nitrogens is 3. The summed E-state index contributed by atoms with van der Waals surface area (Å²) in [5.41, 5.74) is 0.820. The lowest BCUT2D eigenvalue weighted by atomic mass is 10.2. The van der Waals surface area contributed by atoms with Crippen LogP contribution in [0.3, 0.4) is 0 Å². The Hall–Kier alpha value is -1.79. The van der Waals surface area contributed by atoms with Crippen molar-refractivity contribution < 1.29 is 9.63 Å². The van der Waals surface area contributed by atoms with Crippen molar-refractivity contribution in [3.8, 4) is 11.4 Å². The standard InChI is InChI=1S/C11H12N4O2/c16-8-4-9(13-6-8)11-14-10(15-17-11)7-2-1-3-12-5-7/h1-3,5,8-9,13,16H,4,6H2/t8?,9-/m0/s1. The lowest BCUT2D eigenvalue weighted by Gasteiger charge is -2.01. The van der Waals surface area contributed by atoms with Gasteiger partial charge >= 0.3 is 0 Å². The zero-order chi connectivity index (χ0) is 11.7. The van der Waals surface area contributed by atoms with Crippen LogP contribution >= 0.6 is 0 Å². The van der Waals surface area contributed by atoms with Crippen LogP contribution < -0.4 is 5.32 Å². The molecule has 0 saturated carbocycles. The monoisotopic (exact) mass is 232 g/mol. The van der Waals surface area contributed by atoms with Crippen molar-refractivity contribution in [2.24, 2.45) is 0 Å². The van der Waals surface area contributed by atoms with E-state index in [0.29, 0.717) is 24.7 Å². The van der Waals surface area contributed by atoms with Crippen molar-refractivity contribution >= 4 is 0 Å². The molecule has 2 aromatic rings. The first kappa shape index (κ1) is 10.4. The number of nitrogens with zero attached hydrogens (tertiary/aromatic N) is 3. The van der Waals surface area contributed by atoms with E-state index < -0.39 is 0 Å². The molecule has 17 heavy (non-hydrogen) atoms. The first-order valence-electron chi connectivity index (χ1n) is 5.48. The molecule has 1 fully saturated rings. The molecule has 2 atom stereocenters. The van der Waals surface area contributed by atoms with E-state index in [1.54, 1.807) is 12.4 Å². The quantitative estimate of drug-likeness (QED) is 0.785. The van der Waals surface area contributed by atoms with Gasteiger partial charge in [-0.3, -0.25) is 4.98 Å². The molecule has 6 heteroatoms. The third kappa shape index (κ3) is 2.04. The summed E-state index contributed by atoms with van der Waals surface area (Å²) in [5, 5.41) is 16.5. The minimum atomic E-state index is -0.339. The Morgan fingerprint density at radius 2 is 2.41 bits per heavy atom. The van der Waals surface area contributed by atoms with Crippen LogP contribution in [0.1, 0.15) is 18.4 Å². The fourth-order valence-electron chi connectivity index (χ4n) is 1.89. The summed E-state index contributed by atoms with van der Waals surface area (Å²) in [6, 6.07) is 3.64. The highest BCUT2D eigenvalue weighted by Gasteiger charge is 2.28. The maximum atomic E-state index is 9.42. The van der Waals surface area contributed by atoms with E-state index in [1.165, 1.54) is 0 Å². The predicted octanol–water partition coefficient (Wildman–Crippen LogP) is 0.527. The number of hydrogen-bond donors (Lipinski definition) is 2. The highest BCUT2D eigenvalue weighted by Crippen LogP contribution is 2.24. The zero-order valence-electron chi connectivity index (χ0n) is 9.08. The fraction of sp³-hybridized carbons (Fsp3) is 0.364. The Bertz CT molecular complexity index is 499. The van der Waals surface area contributed by atoms with E-state index in [2.05, 4.69) is 20.4 Å². The molecule has 2 N–H and O–H groups in total. The van der Waals surface area contributed by atoms with Gasteiger partial charge in [0, 0.05) is 24.5 Å². The largest absolute Gasteiger partial charge is 0.392 e. The molecular weight excluding hydrogens is 220 g/mol. The van der Waals surface area contributed by atoms with Gasteiger partial charge in [-0.05, 0) is 18.6 Å². The van der Waals surface area contributed by atoms with Gasteiger partial charge in [0.1, 0.15) is 0 Å². The molecule has 0 spiro atoms. The smallest absolute Gasteiger partial charge is 0.244 e. The molecule has 0 amide bonds. The van der Waals surface area contributed by atoms with Crippen LogP contribution in [0.2, 0.25) is 0 Å². The number of β-amino-alcohol motifs (C(OH)–C–C–N with tert-alkyl or cyclic N) is 1. The summed E-state index contributed by atoms with van der Waals surface area (Å²) in [6.07, 6.45) is 3.65. The van der Waals surface area contributed by atoms with E-state index in [9.17, 15) is 5.11 Å². The maximum absolute atomic E-state index is 9.42. The van der Waals surface area contributed by atoms with Crippen molar-refractivity contribution in [2.45, 2.75) is 18.6 Å². The topological polar surface area (TPSA) is 84.1 Å². The van der Waals surface area contributed by atoms with E-state index in [0.717, 1.165) is 5.56 Å². The Kier molecular flexibility index (Phi) is 2.58. The summed E-state index contributed by atoms with van der Waals surface area (Å²) in [5.74, 6) is 1.04. The second-order valence-corrected chi connectivity index (χ2v) is 4.05. The first-order chi connectivity index (χ1) is 8.33. The van der Waals surface area contributed by atoms with Crippen molar-refractivity contribution in [1.29, 1.82) is 0 Å². The molecule has 3 heterocycles. The fourth-order valence-corrected chi connectivity index (χ4v) is 1.89. The van der Waals surface area contributed by atoms with Gasteiger partial charge in [0.15, 0.2) is 0 Å². The van der Waals surface area contributed by atoms with Gasteiger partial charge in [0.05, 0.1) is 12.1 Å². The van der Waals surface area contributed by atoms with Crippen LogP contribution in [0, 0.1) is 0 Å². The number of hydrogen-bond acceptors (Lipinski definition) is 6. The van der Waals surface area contributed by atoms with E-state index in [4.69, 9.17) is 4.52 Å². The number of rotatable bonds is 2. The zero-order valence-corrected chi connectivity index (χ0v) is 9.08. The molecule has 0 aliphatic carbocycles. The van der Waals surface area contributed by atoms with Gasteiger partial charge in [-0.15, -0.1) is 0 Å². The summed E-state index contributed by atoms with van der Waals surface area (Å²) < 4.78 is 5.19. The van der Waals surface area contributed by atoms with E-state index in [-0.39, 0.29) is 12.1 Å². The van der Waals surface area contributed by atoms with Crippen molar-refractivity contribution in [2.75, 3.05) is 6.54 Å². The van der Waals surface area contributed by atoms with Crippen LogP contribution in [0.25, 0.3) is 11.4 Å². The van der Waals surface area contributed by atoms with E-state index >= 15 is 0 Å². The van der Waals surface area contributed by atoms with Crippen molar-refractivity contribution in [3.63, 3.8) is 0 Å². The first-order valence-corrected chi connectivity index (χ1v) is 5.48. The molecule has 1 unspecified atom stereocenters. The number of aliphatic hydroxyl groups is 1. The highest BCUT2D eigenvalue weighted by molar-refractivity contribution is 5.51. The Labute approximate surface area is 97.7 Å². The second kappa shape index (κ2) is 4.23. The molecule has 2 aromatic heterocycles. The van der Waals surface area contributed by atoms with Crippen LogP contribution in [0.5, 0.6) is 0 Å².